The highest BCUT2D eigenvalue weighted by Gasteiger charge is 2.35. The first-order chi connectivity index (χ1) is 12.1. The van der Waals surface area contributed by atoms with Gasteiger partial charge < -0.3 is 14.7 Å². The average molecular weight is 359 g/mol. The summed E-state index contributed by atoms with van der Waals surface area (Å²) in [5, 5.41) is 4.76. The summed E-state index contributed by atoms with van der Waals surface area (Å²) in [5.41, 5.74) is 6.87. The van der Waals surface area contributed by atoms with Gasteiger partial charge in [0, 0.05) is 23.4 Å². The number of aryl methyl sites for hydroxylation is 2. The fourth-order valence-corrected chi connectivity index (χ4v) is 3.30. The molecule has 4 rings (SSSR count). The third-order valence-corrected chi connectivity index (χ3v) is 4.90. The van der Waals surface area contributed by atoms with Crippen LogP contribution in [0.5, 0.6) is 0 Å². The van der Waals surface area contributed by atoms with Gasteiger partial charge in [0.1, 0.15) is 0 Å². The summed E-state index contributed by atoms with van der Waals surface area (Å²) in [6.07, 6.45) is 6.93. The van der Waals surface area contributed by atoms with Crippen molar-refractivity contribution in [3.63, 3.8) is 0 Å². The maximum Gasteiger partial charge on any atom is 0.227 e. The van der Waals surface area contributed by atoms with Crippen LogP contribution in [-0.4, -0.2) is 15.1 Å². The minimum atomic E-state index is -0.424. The quantitative estimate of drug-likeness (QED) is 0.743. The van der Waals surface area contributed by atoms with Crippen LogP contribution in [0, 0.1) is 0 Å². The number of aromatic nitrogens is 3. The third-order valence-electron chi connectivity index (χ3n) is 4.64. The molecule has 1 aliphatic rings. The molecule has 0 bridgehead atoms. The molecule has 0 saturated heterocycles. The number of hydrogen-bond donors (Lipinski definition) is 1. The Bertz CT molecular complexity index is 850. The lowest BCUT2D eigenvalue weighted by Crippen LogP contribution is -2.34. The summed E-state index contributed by atoms with van der Waals surface area (Å²) in [5.74, 6) is 2.53. The van der Waals surface area contributed by atoms with E-state index in [2.05, 4.69) is 15.1 Å². The van der Waals surface area contributed by atoms with Crippen molar-refractivity contribution in [2.24, 2.45) is 5.73 Å². The Labute approximate surface area is 150 Å². The SMILES string of the molecule is NC1(c2noc(CCc3ncc(-c4ccc(Cl)cc4)o3)n2)CCCC1. The summed E-state index contributed by atoms with van der Waals surface area (Å²) in [6, 6.07) is 7.45. The van der Waals surface area contributed by atoms with Gasteiger partial charge in [0.25, 0.3) is 0 Å². The maximum atomic E-state index is 6.35. The standard InChI is InChI=1S/C18H19ClN4O2/c19-13-5-3-12(4-6-13)14-11-21-15(24-14)7-8-16-22-17(23-25-16)18(20)9-1-2-10-18/h3-6,11H,1-2,7-10,20H2. The second-order valence-corrected chi connectivity index (χ2v) is 6.94. The van der Waals surface area contributed by atoms with Gasteiger partial charge in [0.05, 0.1) is 11.7 Å². The summed E-state index contributed by atoms with van der Waals surface area (Å²) in [4.78, 5) is 8.78. The van der Waals surface area contributed by atoms with E-state index in [1.165, 1.54) is 0 Å². The van der Waals surface area contributed by atoms with Gasteiger partial charge in [-0.15, -0.1) is 0 Å². The van der Waals surface area contributed by atoms with Crippen LogP contribution >= 0.6 is 11.6 Å². The molecule has 130 valence electrons. The molecule has 7 heteroatoms. The minimum absolute atomic E-state index is 0.424. The lowest BCUT2D eigenvalue weighted by molar-refractivity contribution is 0.346. The van der Waals surface area contributed by atoms with Crippen molar-refractivity contribution >= 4 is 11.6 Å². The molecule has 0 spiro atoms. The molecule has 1 fully saturated rings. The van der Waals surface area contributed by atoms with E-state index < -0.39 is 5.54 Å². The Morgan fingerprint density at radius 3 is 2.56 bits per heavy atom. The van der Waals surface area contributed by atoms with E-state index >= 15 is 0 Å². The van der Waals surface area contributed by atoms with Gasteiger partial charge in [-0.1, -0.05) is 29.6 Å². The molecule has 1 saturated carbocycles. The van der Waals surface area contributed by atoms with Gasteiger partial charge in [-0.3, -0.25) is 0 Å². The van der Waals surface area contributed by atoms with Crippen molar-refractivity contribution in [3.05, 3.63) is 53.1 Å². The zero-order valence-corrected chi connectivity index (χ0v) is 14.5. The highest BCUT2D eigenvalue weighted by molar-refractivity contribution is 6.30. The zero-order chi connectivity index (χ0) is 17.3. The van der Waals surface area contributed by atoms with E-state index in [1.54, 1.807) is 6.20 Å². The molecular formula is C18H19ClN4O2. The predicted octanol–water partition coefficient (Wildman–Crippen LogP) is 3.89. The van der Waals surface area contributed by atoms with Gasteiger partial charge >= 0.3 is 0 Å². The van der Waals surface area contributed by atoms with Crippen molar-refractivity contribution in [2.75, 3.05) is 0 Å². The molecule has 0 radical (unpaired) electrons. The summed E-state index contributed by atoms with van der Waals surface area (Å²) in [7, 11) is 0. The number of oxazole rings is 1. The average Bonchev–Trinajstić information content (AvgIpc) is 3.34. The van der Waals surface area contributed by atoms with E-state index in [9.17, 15) is 0 Å². The minimum Gasteiger partial charge on any atom is -0.441 e. The molecule has 0 unspecified atom stereocenters. The van der Waals surface area contributed by atoms with Crippen LogP contribution in [0.15, 0.2) is 39.4 Å². The molecule has 6 nitrogen and oxygen atoms in total. The molecule has 0 amide bonds. The van der Waals surface area contributed by atoms with E-state index in [4.69, 9.17) is 26.3 Å². The van der Waals surface area contributed by atoms with Crippen LogP contribution in [0.3, 0.4) is 0 Å². The Hall–Kier alpha value is -2.18. The van der Waals surface area contributed by atoms with Gasteiger partial charge in [-0.05, 0) is 37.1 Å². The van der Waals surface area contributed by atoms with E-state index in [-0.39, 0.29) is 0 Å². The Kier molecular flexibility index (Phi) is 4.31. The van der Waals surface area contributed by atoms with Crippen LogP contribution in [-0.2, 0) is 18.4 Å². The van der Waals surface area contributed by atoms with E-state index in [0.29, 0.717) is 41.2 Å². The van der Waals surface area contributed by atoms with E-state index in [1.807, 2.05) is 24.3 Å². The summed E-state index contributed by atoms with van der Waals surface area (Å²) < 4.78 is 11.1. The Morgan fingerprint density at radius 2 is 1.80 bits per heavy atom. The lowest BCUT2D eigenvalue weighted by Gasteiger charge is -2.17. The largest absolute Gasteiger partial charge is 0.441 e. The maximum absolute atomic E-state index is 6.35. The predicted molar refractivity (Wildman–Crippen MR) is 93.0 cm³/mol. The van der Waals surface area contributed by atoms with Crippen LogP contribution in [0.2, 0.25) is 5.02 Å². The highest BCUT2D eigenvalue weighted by Crippen LogP contribution is 2.34. The summed E-state index contributed by atoms with van der Waals surface area (Å²) in [6.45, 7) is 0. The van der Waals surface area contributed by atoms with Crippen LogP contribution < -0.4 is 5.73 Å². The number of nitrogens with zero attached hydrogens (tertiary/aromatic N) is 3. The number of benzene rings is 1. The molecule has 2 aromatic heterocycles. The first kappa shape index (κ1) is 16.3. The van der Waals surface area contributed by atoms with Crippen LogP contribution in [0.4, 0.5) is 0 Å². The number of hydrogen-bond acceptors (Lipinski definition) is 6. The lowest BCUT2D eigenvalue weighted by atomic mass is 9.99. The third kappa shape index (κ3) is 3.45. The number of nitrogens with two attached hydrogens (primary N) is 1. The fourth-order valence-electron chi connectivity index (χ4n) is 3.18. The van der Waals surface area contributed by atoms with Gasteiger partial charge in [0.15, 0.2) is 17.5 Å². The molecule has 1 aromatic carbocycles. The molecule has 0 aliphatic heterocycles. The second-order valence-electron chi connectivity index (χ2n) is 6.50. The molecule has 25 heavy (non-hydrogen) atoms. The fraction of sp³-hybridized carbons (Fsp3) is 0.389. The summed E-state index contributed by atoms with van der Waals surface area (Å²) >= 11 is 5.90. The van der Waals surface area contributed by atoms with Crippen molar-refractivity contribution in [2.45, 2.75) is 44.1 Å². The Balaban J connectivity index is 1.40. The van der Waals surface area contributed by atoms with Crippen LogP contribution in [0.1, 0.15) is 43.3 Å². The van der Waals surface area contributed by atoms with Crippen molar-refractivity contribution in [3.8, 4) is 11.3 Å². The van der Waals surface area contributed by atoms with Gasteiger partial charge in [-0.2, -0.15) is 4.98 Å². The van der Waals surface area contributed by atoms with E-state index in [0.717, 1.165) is 31.2 Å². The van der Waals surface area contributed by atoms with Gasteiger partial charge in [0.2, 0.25) is 5.89 Å². The van der Waals surface area contributed by atoms with Gasteiger partial charge in [-0.25, -0.2) is 4.98 Å². The zero-order valence-electron chi connectivity index (χ0n) is 13.7. The topological polar surface area (TPSA) is 91.0 Å². The van der Waals surface area contributed by atoms with Crippen molar-refractivity contribution < 1.29 is 8.94 Å². The Morgan fingerprint density at radius 1 is 1.08 bits per heavy atom. The molecule has 2 heterocycles. The number of halogens is 1. The molecule has 3 aromatic rings. The first-order valence-corrected chi connectivity index (χ1v) is 8.83. The first-order valence-electron chi connectivity index (χ1n) is 8.45. The smallest absolute Gasteiger partial charge is 0.227 e. The molecule has 2 N–H and O–H groups in total. The van der Waals surface area contributed by atoms with Crippen molar-refractivity contribution in [1.29, 1.82) is 0 Å². The second kappa shape index (κ2) is 6.61. The monoisotopic (exact) mass is 358 g/mol. The highest BCUT2D eigenvalue weighted by atomic mass is 35.5. The normalized spacial score (nSPS) is 16.4. The molecule has 0 atom stereocenters. The molecular weight excluding hydrogens is 340 g/mol. The van der Waals surface area contributed by atoms with Crippen molar-refractivity contribution in [1.82, 2.24) is 15.1 Å². The molecule has 1 aliphatic carbocycles. The number of rotatable bonds is 5. The van der Waals surface area contributed by atoms with Crippen LogP contribution in [0.25, 0.3) is 11.3 Å².